The summed E-state index contributed by atoms with van der Waals surface area (Å²) in [4.78, 5) is 0. The first kappa shape index (κ1) is 17.3. The number of ether oxygens (including phenoxy) is 1. The van der Waals surface area contributed by atoms with Gasteiger partial charge in [-0.05, 0) is 27.5 Å². The lowest BCUT2D eigenvalue weighted by Crippen LogP contribution is -2.28. The van der Waals surface area contributed by atoms with Crippen molar-refractivity contribution in [3.8, 4) is 5.75 Å². The lowest BCUT2D eigenvalue weighted by molar-refractivity contribution is 0.155. The zero-order valence-electron chi connectivity index (χ0n) is 15.1. The molecule has 1 aliphatic rings. The molecule has 2 N–H and O–H groups in total. The van der Waals surface area contributed by atoms with Crippen LogP contribution in [0.4, 0.5) is 0 Å². The van der Waals surface area contributed by atoms with Crippen LogP contribution < -0.4 is 0 Å². The summed E-state index contributed by atoms with van der Waals surface area (Å²) in [5, 5.41) is 20.4. The molecule has 3 heteroatoms. The van der Waals surface area contributed by atoms with Crippen LogP contribution in [0.15, 0.2) is 12.1 Å². The molecule has 1 aromatic rings. The first-order chi connectivity index (χ1) is 9.76. The van der Waals surface area contributed by atoms with Crippen LogP contribution in [-0.2, 0) is 21.0 Å². The highest BCUT2D eigenvalue weighted by molar-refractivity contribution is 5.51. The molecule has 0 spiro atoms. The number of aliphatic hydroxyl groups is 1. The van der Waals surface area contributed by atoms with E-state index in [1.807, 2.05) is 0 Å². The molecule has 0 amide bonds. The summed E-state index contributed by atoms with van der Waals surface area (Å²) < 4.78 is 5.31. The number of aliphatic hydroxyl groups excluding tert-OH is 1. The summed E-state index contributed by atoms with van der Waals surface area (Å²) in [6.45, 7) is 16.8. The van der Waals surface area contributed by atoms with Crippen molar-refractivity contribution in [2.75, 3.05) is 0 Å². The molecule has 0 bridgehead atoms. The van der Waals surface area contributed by atoms with E-state index in [0.29, 0.717) is 5.75 Å². The van der Waals surface area contributed by atoms with E-state index in [4.69, 9.17) is 4.74 Å². The molecule has 2 unspecified atom stereocenters. The average molecular weight is 306 g/mol. The number of phenolic OH excluding ortho intramolecular Hbond substituents is 1. The molecule has 1 saturated heterocycles. The lowest BCUT2D eigenvalue weighted by Gasteiger charge is -2.32. The van der Waals surface area contributed by atoms with E-state index >= 15 is 0 Å². The fraction of sp³-hybridized carbons (Fsp3) is 0.684. The Bertz CT molecular complexity index is 538. The maximum absolute atomic E-state index is 10.8. The molecule has 124 valence electrons. The number of hydrogen-bond donors (Lipinski definition) is 2. The predicted molar refractivity (Wildman–Crippen MR) is 89.4 cm³/mol. The molecule has 2 atom stereocenters. The zero-order valence-corrected chi connectivity index (χ0v) is 15.1. The van der Waals surface area contributed by atoms with Crippen molar-refractivity contribution < 1.29 is 14.9 Å². The van der Waals surface area contributed by atoms with E-state index in [2.05, 4.69) is 67.5 Å². The molecule has 3 nitrogen and oxygen atoms in total. The van der Waals surface area contributed by atoms with Gasteiger partial charge in [0.05, 0.1) is 0 Å². The third-order valence-electron chi connectivity index (χ3n) is 4.65. The van der Waals surface area contributed by atoms with E-state index < -0.39 is 6.29 Å². The maximum atomic E-state index is 10.8. The van der Waals surface area contributed by atoms with Crippen molar-refractivity contribution in [2.24, 2.45) is 0 Å². The molecule has 2 rings (SSSR count). The third kappa shape index (κ3) is 3.02. The Kier molecular flexibility index (Phi) is 3.91. The van der Waals surface area contributed by atoms with E-state index in [0.717, 1.165) is 16.7 Å². The number of phenols is 1. The van der Waals surface area contributed by atoms with Gasteiger partial charge in [0.25, 0.3) is 0 Å². The quantitative estimate of drug-likeness (QED) is 0.813. The Balaban J connectivity index is 2.66. The third-order valence-corrected chi connectivity index (χ3v) is 4.65. The van der Waals surface area contributed by atoms with Crippen molar-refractivity contribution in [3.63, 3.8) is 0 Å². The molecule has 1 heterocycles. The van der Waals surface area contributed by atoms with Crippen LogP contribution in [0.1, 0.15) is 72.1 Å². The van der Waals surface area contributed by atoms with Gasteiger partial charge in [-0.2, -0.15) is 0 Å². The average Bonchev–Trinajstić information content (AvgIpc) is 3.04. The van der Waals surface area contributed by atoms with E-state index in [9.17, 15) is 10.2 Å². The van der Waals surface area contributed by atoms with Gasteiger partial charge < -0.3 is 14.9 Å². The maximum Gasteiger partial charge on any atom is 0.182 e. The second-order valence-electron chi connectivity index (χ2n) is 9.09. The standard InChI is InChI=1S/C19H30O3/c1-17(2,3)12-9-11(19(7,8)15-16(21)22-15)10-13(14(12)20)18(4,5)6/h9-10,15-16,20-21H,1-8H3. The number of rotatable bonds is 2. The largest absolute Gasteiger partial charge is 0.507 e. The first-order valence-corrected chi connectivity index (χ1v) is 7.98. The van der Waals surface area contributed by atoms with Crippen LogP contribution in [0.25, 0.3) is 0 Å². The second kappa shape index (κ2) is 4.97. The molecule has 22 heavy (non-hydrogen) atoms. The molecule has 0 aliphatic carbocycles. The van der Waals surface area contributed by atoms with Gasteiger partial charge in [0.2, 0.25) is 0 Å². The van der Waals surface area contributed by atoms with Gasteiger partial charge in [0, 0.05) is 5.41 Å². The van der Waals surface area contributed by atoms with E-state index in [1.165, 1.54) is 0 Å². The molecule has 0 radical (unpaired) electrons. The summed E-state index contributed by atoms with van der Waals surface area (Å²) in [6, 6.07) is 4.14. The smallest absolute Gasteiger partial charge is 0.182 e. The van der Waals surface area contributed by atoms with Gasteiger partial charge in [0.15, 0.2) is 6.29 Å². The van der Waals surface area contributed by atoms with Crippen LogP contribution in [0.2, 0.25) is 0 Å². The molecule has 0 aromatic heterocycles. The van der Waals surface area contributed by atoms with E-state index in [1.54, 1.807) is 0 Å². The molecule has 1 fully saturated rings. The summed E-state index contributed by atoms with van der Waals surface area (Å²) in [5.74, 6) is 0.386. The molecule has 1 aromatic carbocycles. The topological polar surface area (TPSA) is 53.0 Å². The summed E-state index contributed by atoms with van der Waals surface area (Å²) >= 11 is 0. The fourth-order valence-electron chi connectivity index (χ4n) is 2.95. The molecular weight excluding hydrogens is 276 g/mol. The Hall–Kier alpha value is -1.06. The van der Waals surface area contributed by atoms with Gasteiger partial charge >= 0.3 is 0 Å². The van der Waals surface area contributed by atoms with Gasteiger partial charge in [-0.15, -0.1) is 0 Å². The van der Waals surface area contributed by atoms with Crippen molar-refractivity contribution in [3.05, 3.63) is 28.8 Å². The van der Waals surface area contributed by atoms with Crippen LogP contribution >= 0.6 is 0 Å². The normalized spacial score (nSPS) is 22.8. The Labute approximate surface area is 134 Å². The van der Waals surface area contributed by atoms with Gasteiger partial charge in [-0.25, -0.2) is 0 Å². The molecular formula is C19H30O3. The minimum Gasteiger partial charge on any atom is -0.507 e. The predicted octanol–water partition coefficient (Wildman–Crippen LogP) is 3.98. The SMILES string of the molecule is CC(C)(C)c1cc(C(C)(C)C2OC2O)cc(C(C)(C)C)c1O. The van der Waals surface area contributed by atoms with Crippen molar-refractivity contribution in [2.45, 2.75) is 84.0 Å². The number of benzene rings is 1. The number of hydrogen-bond acceptors (Lipinski definition) is 3. The fourth-order valence-corrected chi connectivity index (χ4v) is 2.95. The Morgan fingerprint density at radius 3 is 1.50 bits per heavy atom. The van der Waals surface area contributed by atoms with Gasteiger partial charge in [-0.3, -0.25) is 0 Å². The highest BCUT2D eigenvalue weighted by Crippen LogP contribution is 2.45. The summed E-state index contributed by atoms with van der Waals surface area (Å²) in [5.41, 5.74) is 2.38. The van der Waals surface area contributed by atoms with Crippen LogP contribution in [0.5, 0.6) is 5.75 Å². The lowest BCUT2D eigenvalue weighted by atomic mass is 9.73. The summed E-state index contributed by atoms with van der Waals surface area (Å²) in [7, 11) is 0. The van der Waals surface area contributed by atoms with Crippen LogP contribution in [0.3, 0.4) is 0 Å². The van der Waals surface area contributed by atoms with Crippen molar-refractivity contribution >= 4 is 0 Å². The van der Waals surface area contributed by atoms with Crippen molar-refractivity contribution in [1.29, 1.82) is 0 Å². The van der Waals surface area contributed by atoms with Crippen LogP contribution in [0, 0.1) is 0 Å². The second-order valence-corrected chi connectivity index (χ2v) is 9.09. The highest BCUT2D eigenvalue weighted by Gasteiger charge is 2.50. The summed E-state index contributed by atoms with van der Waals surface area (Å²) in [6.07, 6.45) is -0.863. The molecule has 1 aliphatic heterocycles. The Morgan fingerprint density at radius 1 is 0.864 bits per heavy atom. The zero-order chi connectivity index (χ0) is 17.1. The minimum absolute atomic E-state index is 0.154. The van der Waals surface area contributed by atoms with Gasteiger partial charge in [0.1, 0.15) is 11.9 Å². The monoisotopic (exact) mass is 306 g/mol. The highest BCUT2D eigenvalue weighted by atomic mass is 16.7. The van der Waals surface area contributed by atoms with Crippen LogP contribution in [-0.4, -0.2) is 22.6 Å². The number of epoxide rings is 1. The minimum atomic E-state index is -0.681. The first-order valence-electron chi connectivity index (χ1n) is 7.98. The molecule has 0 saturated carbocycles. The Morgan fingerprint density at radius 2 is 1.23 bits per heavy atom. The van der Waals surface area contributed by atoms with Gasteiger partial charge in [-0.1, -0.05) is 67.5 Å². The van der Waals surface area contributed by atoms with E-state index in [-0.39, 0.29) is 22.3 Å². The number of aromatic hydroxyl groups is 1. The van der Waals surface area contributed by atoms with Crippen molar-refractivity contribution in [1.82, 2.24) is 0 Å².